The van der Waals surface area contributed by atoms with E-state index in [0.29, 0.717) is 25.7 Å². The van der Waals surface area contributed by atoms with Crippen molar-refractivity contribution in [3.8, 4) is 0 Å². The molecule has 0 saturated heterocycles. The second kappa shape index (κ2) is 51.5. The zero-order chi connectivity index (χ0) is 51.3. The molecule has 0 heterocycles. The second-order valence-electron chi connectivity index (χ2n) is 17.3. The Kier molecular flexibility index (Phi) is 48.7. The van der Waals surface area contributed by atoms with Gasteiger partial charge in [0.2, 0.25) is 0 Å². The van der Waals surface area contributed by atoms with E-state index in [9.17, 15) is 28.9 Å². The fraction of sp³-hybridized carbons (Fsp3) is 0.638. The normalized spacial score (nSPS) is 14.3. The molecule has 0 bridgehead atoms. The van der Waals surface area contributed by atoms with Crippen molar-refractivity contribution in [2.75, 3.05) is 26.4 Å². The van der Waals surface area contributed by atoms with Crippen LogP contribution in [0.2, 0.25) is 0 Å². The molecule has 398 valence electrons. The molecule has 0 aliphatic rings. The van der Waals surface area contributed by atoms with E-state index < -0.39 is 57.8 Å². The van der Waals surface area contributed by atoms with Gasteiger partial charge in [0.05, 0.1) is 19.8 Å². The molecule has 12 heteroatoms. The van der Waals surface area contributed by atoms with Crippen LogP contribution in [0.25, 0.3) is 0 Å². The molecular formula is C58H95O11P. The number of aliphatic hydroxyl groups excluding tert-OH is 1. The molecule has 0 saturated carbocycles. The van der Waals surface area contributed by atoms with Gasteiger partial charge in [0.1, 0.15) is 12.7 Å². The van der Waals surface area contributed by atoms with Crippen molar-refractivity contribution in [3.05, 3.63) is 109 Å². The van der Waals surface area contributed by atoms with E-state index in [1.165, 1.54) is 32.1 Å². The van der Waals surface area contributed by atoms with Crippen molar-refractivity contribution in [2.24, 2.45) is 0 Å². The maximum atomic E-state index is 12.8. The number of hydrogen-bond donors (Lipinski definition) is 2. The summed E-state index contributed by atoms with van der Waals surface area (Å²) in [6.45, 7) is 4.26. The zero-order valence-electron chi connectivity index (χ0n) is 43.7. The second-order valence-corrected chi connectivity index (χ2v) is 18.7. The molecule has 0 radical (unpaired) electrons. The Morgan fingerprint density at radius 1 is 0.414 bits per heavy atom. The van der Waals surface area contributed by atoms with Gasteiger partial charge in [-0.1, -0.05) is 201 Å². The molecule has 0 spiro atoms. The van der Waals surface area contributed by atoms with Gasteiger partial charge < -0.3 is 24.2 Å². The Morgan fingerprint density at radius 2 is 0.771 bits per heavy atom. The summed E-state index contributed by atoms with van der Waals surface area (Å²) in [5.41, 5.74) is 0. The SMILES string of the molecule is CC/C=C\C/C=C\C/C=C\C/C=C\C/C=C\C/C=C\CCC(=O)OC(COC(=O)CCCCCCCCCCC)COP(=O)(O)OCC(CO)OC(=O)CCCCCCC/C=C\C/C=C\C/C=C\CC. The summed E-state index contributed by atoms with van der Waals surface area (Å²) >= 11 is 0. The molecule has 0 fully saturated rings. The van der Waals surface area contributed by atoms with Crippen molar-refractivity contribution in [3.63, 3.8) is 0 Å². The maximum absolute atomic E-state index is 12.8. The molecule has 70 heavy (non-hydrogen) atoms. The predicted molar refractivity (Wildman–Crippen MR) is 288 cm³/mol. The molecule has 0 aromatic heterocycles. The highest BCUT2D eigenvalue weighted by Crippen LogP contribution is 2.43. The molecule has 3 unspecified atom stereocenters. The van der Waals surface area contributed by atoms with Crippen molar-refractivity contribution in [1.29, 1.82) is 0 Å². The molecular weight excluding hydrogens is 904 g/mol. The van der Waals surface area contributed by atoms with Crippen molar-refractivity contribution >= 4 is 25.7 Å². The summed E-state index contributed by atoms with van der Waals surface area (Å²) < 4.78 is 39.2. The predicted octanol–water partition coefficient (Wildman–Crippen LogP) is 15.5. The third kappa shape index (κ3) is 49.1. The number of phosphoric ester groups is 1. The van der Waals surface area contributed by atoms with Crippen LogP contribution >= 0.6 is 7.82 Å². The summed E-state index contributed by atoms with van der Waals surface area (Å²) in [6, 6.07) is 0. The van der Waals surface area contributed by atoms with E-state index in [4.69, 9.17) is 23.3 Å². The maximum Gasteiger partial charge on any atom is 0.472 e. The fourth-order valence-electron chi connectivity index (χ4n) is 6.69. The van der Waals surface area contributed by atoms with Crippen LogP contribution in [0.3, 0.4) is 0 Å². The van der Waals surface area contributed by atoms with Gasteiger partial charge in [-0.2, -0.15) is 0 Å². The highest BCUT2D eigenvalue weighted by Gasteiger charge is 2.28. The van der Waals surface area contributed by atoms with Crippen LogP contribution in [0.5, 0.6) is 0 Å². The van der Waals surface area contributed by atoms with Crippen LogP contribution in [0, 0.1) is 0 Å². The molecule has 0 aromatic rings. The number of carbonyl (C=O) groups is 3. The van der Waals surface area contributed by atoms with Crippen LogP contribution in [0.4, 0.5) is 0 Å². The van der Waals surface area contributed by atoms with Gasteiger partial charge in [-0.3, -0.25) is 23.4 Å². The number of rotatable bonds is 48. The molecule has 11 nitrogen and oxygen atoms in total. The lowest BCUT2D eigenvalue weighted by atomic mass is 10.1. The first-order valence-corrected chi connectivity index (χ1v) is 28.3. The van der Waals surface area contributed by atoms with Gasteiger partial charge in [-0.25, -0.2) is 4.57 Å². The summed E-state index contributed by atoms with van der Waals surface area (Å²) in [4.78, 5) is 48.3. The number of allylic oxidation sites excluding steroid dienone is 18. The quantitative estimate of drug-likeness (QED) is 0.0197. The highest BCUT2D eigenvalue weighted by atomic mass is 31.2. The average Bonchev–Trinajstić information content (AvgIpc) is 3.35. The van der Waals surface area contributed by atoms with Crippen LogP contribution in [-0.2, 0) is 42.2 Å². The minimum absolute atomic E-state index is 0.0373. The fourth-order valence-corrected chi connectivity index (χ4v) is 7.47. The van der Waals surface area contributed by atoms with Gasteiger partial charge in [-0.15, -0.1) is 0 Å². The van der Waals surface area contributed by atoms with Crippen molar-refractivity contribution in [1.82, 2.24) is 0 Å². The summed E-state index contributed by atoms with van der Waals surface area (Å²) in [5.74, 6) is -1.60. The molecule has 0 rings (SSSR count). The van der Waals surface area contributed by atoms with Crippen LogP contribution in [0.15, 0.2) is 109 Å². The van der Waals surface area contributed by atoms with Crippen LogP contribution in [-0.4, -0.2) is 66.5 Å². The Morgan fingerprint density at radius 3 is 1.23 bits per heavy atom. The van der Waals surface area contributed by atoms with Gasteiger partial charge in [0, 0.05) is 19.3 Å². The van der Waals surface area contributed by atoms with Crippen LogP contribution < -0.4 is 0 Å². The van der Waals surface area contributed by atoms with Crippen molar-refractivity contribution in [2.45, 2.75) is 213 Å². The smallest absolute Gasteiger partial charge is 0.462 e. The van der Waals surface area contributed by atoms with E-state index in [0.717, 1.165) is 103 Å². The summed E-state index contributed by atoms with van der Waals surface area (Å²) in [5, 5.41) is 9.78. The van der Waals surface area contributed by atoms with E-state index >= 15 is 0 Å². The van der Waals surface area contributed by atoms with E-state index in [1.807, 2.05) is 12.2 Å². The molecule has 3 atom stereocenters. The minimum atomic E-state index is -4.77. The molecule has 0 aliphatic carbocycles. The number of ether oxygens (including phenoxy) is 3. The Balaban J connectivity index is 4.81. The summed E-state index contributed by atoms with van der Waals surface area (Å²) in [6.07, 6.45) is 60.8. The number of carbonyl (C=O) groups excluding carboxylic acids is 3. The molecule has 0 aromatic carbocycles. The standard InChI is InChI=1S/C58H95O11P/c1-4-7-10-13-16-19-21-23-25-26-27-28-30-32-34-37-40-43-46-49-58(62)69-55(51-65-56(60)47-44-41-38-35-18-15-12-9-6-3)53-67-70(63,64)66-52-54(50-59)68-57(61)48-45-42-39-36-33-31-29-24-22-20-17-14-11-8-5-2/h7-8,10-11,16-17,19-20,23-25,27-29,32,34,40,43,54-55,59H,4-6,9,12-15,18,21-22,26,30-31,33,35-39,41-42,44-53H2,1-3H3,(H,63,64)/b10-7-,11-8-,19-16-,20-17-,25-23-,28-27-,29-24-,34-32-,43-40-. The monoisotopic (exact) mass is 999 g/mol. The molecule has 0 amide bonds. The zero-order valence-corrected chi connectivity index (χ0v) is 44.6. The third-order valence-electron chi connectivity index (χ3n) is 10.7. The summed E-state index contributed by atoms with van der Waals surface area (Å²) in [7, 11) is -4.77. The Labute approximate surface area is 425 Å². The topological polar surface area (TPSA) is 155 Å². The van der Waals surface area contributed by atoms with E-state index in [2.05, 4.69) is 118 Å². The lowest BCUT2D eigenvalue weighted by Crippen LogP contribution is -2.30. The number of hydrogen-bond acceptors (Lipinski definition) is 10. The largest absolute Gasteiger partial charge is 0.472 e. The number of aliphatic hydroxyl groups is 1. The van der Waals surface area contributed by atoms with E-state index in [-0.39, 0.29) is 25.9 Å². The molecule has 0 aliphatic heterocycles. The number of phosphoric acid groups is 1. The first-order valence-electron chi connectivity index (χ1n) is 26.8. The Bertz CT molecular complexity index is 1590. The first-order chi connectivity index (χ1) is 34.2. The van der Waals surface area contributed by atoms with E-state index in [1.54, 1.807) is 0 Å². The third-order valence-corrected chi connectivity index (χ3v) is 11.7. The van der Waals surface area contributed by atoms with Gasteiger partial charge >= 0.3 is 25.7 Å². The van der Waals surface area contributed by atoms with Gasteiger partial charge in [0.15, 0.2) is 6.10 Å². The Hall–Kier alpha value is -3.86. The number of esters is 3. The first kappa shape index (κ1) is 66.1. The lowest BCUT2D eigenvalue weighted by Gasteiger charge is -2.21. The lowest BCUT2D eigenvalue weighted by molar-refractivity contribution is -0.161. The minimum Gasteiger partial charge on any atom is -0.462 e. The average molecular weight is 999 g/mol. The van der Waals surface area contributed by atoms with Crippen molar-refractivity contribution < 1.29 is 52.2 Å². The highest BCUT2D eigenvalue weighted by molar-refractivity contribution is 7.47. The molecule has 2 N–H and O–H groups in total. The van der Waals surface area contributed by atoms with Crippen LogP contribution in [0.1, 0.15) is 201 Å². The van der Waals surface area contributed by atoms with Gasteiger partial charge in [-0.05, 0) is 89.9 Å². The number of unbranched alkanes of at least 4 members (excludes halogenated alkanes) is 13. The van der Waals surface area contributed by atoms with Gasteiger partial charge in [0.25, 0.3) is 0 Å².